The third-order valence-electron chi connectivity index (χ3n) is 4.30. The van der Waals surface area contributed by atoms with Crippen LogP contribution in [0.3, 0.4) is 0 Å². The number of carbonyl (C=O) groups excluding carboxylic acids is 1. The van der Waals surface area contributed by atoms with Crippen LogP contribution < -0.4 is 5.32 Å². The number of benzene rings is 2. The second-order valence-electron chi connectivity index (χ2n) is 6.16. The number of nitrogens with one attached hydrogen (secondary N) is 1. The average molecular weight is 329 g/mol. The zero-order valence-electron chi connectivity index (χ0n) is 13.9. The first-order chi connectivity index (χ1) is 12.3. The molecule has 4 nitrogen and oxygen atoms in total. The highest BCUT2D eigenvalue weighted by molar-refractivity contribution is 5.85. The predicted octanol–water partition coefficient (Wildman–Crippen LogP) is 3.39. The van der Waals surface area contributed by atoms with E-state index in [1.54, 1.807) is 0 Å². The van der Waals surface area contributed by atoms with Crippen LogP contribution in [0.25, 0.3) is 16.4 Å². The van der Waals surface area contributed by atoms with Gasteiger partial charge in [-0.3, -0.25) is 4.79 Å². The van der Waals surface area contributed by atoms with Gasteiger partial charge in [0.1, 0.15) is 5.65 Å². The predicted molar refractivity (Wildman–Crippen MR) is 99.6 cm³/mol. The molecule has 0 saturated carbocycles. The van der Waals surface area contributed by atoms with E-state index in [2.05, 4.69) is 34.6 Å². The number of hydrogen-bond acceptors (Lipinski definition) is 2. The lowest BCUT2D eigenvalue weighted by atomic mass is 10.0. The number of imidazole rings is 1. The van der Waals surface area contributed by atoms with Crippen molar-refractivity contribution in [3.05, 3.63) is 84.3 Å². The van der Waals surface area contributed by atoms with Crippen LogP contribution in [0.5, 0.6) is 0 Å². The molecule has 124 valence electrons. The monoisotopic (exact) mass is 329 g/mol. The summed E-state index contributed by atoms with van der Waals surface area (Å²) in [5.41, 5.74) is 2.95. The van der Waals surface area contributed by atoms with Crippen molar-refractivity contribution in [2.24, 2.45) is 0 Å². The Morgan fingerprint density at radius 1 is 1.00 bits per heavy atom. The van der Waals surface area contributed by atoms with Crippen LogP contribution in [0.15, 0.2) is 73.1 Å². The van der Waals surface area contributed by atoms with Gasteiger partial charge in [0.15, 0.2) is 0 Å². The summed E-state index contributed by atoms with van der Waals surface area (Å²) in [6, 6.07) is 20.3. The standard InChI is InChI=1S/C21H19N3O/c25-21(14-16-8-9-17-5-1-2-6-18(17)13-16)22-11-10-19-15-24-12-4-3-7-20(24)23-19/h1-9,12-13,15H,10-11,14H2,(H,22,25). The number of amides is 1. The molecule has 1 amide bonds. The Morgan fingerprint density at radius 3 is 2.72 bits per heavy atom. The fraction of sp³-hybridized carbons (Fsp3) is 0.143. The molecule has 25 heavy (non-hydrogen) atoms. The summed E-state index contributed by atoms with van der Waals surface area (Å²) < 4.78 is 1.99. The van der Waals surface area contributed by atoms with Crippen molar-refractivity contribution in [2.45, 2.75) is 12.8 Å². The van der Waals surface area contributed by atoms with E-state index in [1.165, 1.54) is 5.39 Å². The van der Waals surface area contributed by atoms with Gasteiger partial charge in [-0.15, -0.1) is 0 Å². The summed E-state index contributed by atoms with van der Waals surface area (Å²) in [4.78, 5) is 16.7. The fourth-order valence-electron chi connectivity index (χ4n) is 3.03. The first-order valence-electron chi connectivity index (χ1n) is 8.45. The molecule has 0 unspecified atom stereocenters. The normalized spacial score (nSPS) is 11.0. The Balaban J connectivity index is 1.33. The summed E-state index contributed by atoms with van der Waals surface area (Å²) in [6.07, 6.45) is 5.11. The van der Waals surface area contributed by atoms with Crippen LogP contribution in [0.2, 0.25) is 0 Å². The van der Waals surface area contributed by atoms with Crippen LogP contribution in [0.4, 0.5) is 0 Å². The summed E-state index contributed by atoms with van der Waals surface area (Å²) in [7, 11) is 0. The molecule has 2 aromatic heterocycles. The highest BCUT2D eigenvalue weighted by Gasteiger charge is 2.05. The Bertz CT molecular complexity index is 1000. The van der Waals surface area contributed by atoms with Gasteiger partial charge >= 0.3 is 0 Å². The number of fused-ring (bicyclic) bond motifs is 2. The minimum Gasteiger partial charge on any atom is -0.355 e. The maximum atomic E-state index is 12.2. The molecule has 0 aliphatic rings. The van der Waals surface area contributed by atoms with E-state index in [0.717, 1.165) is 28.7 Å². The van der Waals surface area contributed by atoms with Crippen LogP contribution in [-0.4, -0.2) is 21.8 Å². The van der Waals surface area contributed by atoms with Crippen molar-refractivity contribution < 1.29 is 4.79 Å². The summed E-state index contributed by atoms with van der Waals surface area (Å²) in [5, 5.41) is 5.34. The van der Waals surface area contributed by atoms with E-state index in [9.17, 15) is 4.79 Å². The van der Waals surface area contributed by atoms with Gasteiger partial charge in [-0.05, 0) is 28.5 Å². The van der Waals surface area contributed by atoms with E-state index in [4.69, 9.17) is 0 Å². The summed E-state index contributed by atoms with van der Waals surface area (Å²) >= 11 is 0. The molecule has 0 fully saturated rings. The second kappa shape index (κ2) is 6.77. The number of aromatic nitrogens is 2. The van der Waals surface area contributed by atoms with Crippen molar-refractivity contribution in [2.75, 3.05) is 6.54 Å². The molecule has 4 heteroatoms. The molecule has 0 bridgehead atoms. The number of hydrogen-bond donors (Lipinski definition) is 1. The molecule has 4 aromatic rings. The lowest BCUT2D eigenvalue weighted by Gasteiger charge is -2.05. The van der Waals surface area contributed by atoms with Crippen LogP contribution >= 0.6 is 0 Å². The first-order valence-corrected chi connectivity index (χ1v) is 8.45. The molecule has 0 radical (unpaired) electrons. The summed E-state index contributed by atoms with van der Waals surface area (Å²) in [5.74, 6) is 0.0408. The topological polar surface area (TPSA) is 46.4 Å². The minimum atomic E-state index is 0.0408. The van der Waals surface area contributed by atoms with E-state index in [0.29, 0.717) is 13.0 Å². The molecule has 0 aliphatic heterocycles. The van der Waals surface area contributed by atoms with Crippen LogP contribution in [0, 0.1) is 0 Å². The average Bonchev–Trinajstić information content (AvgIpc) is 3.04. The summed E-state index contributed by atoms with van der Waals surface area (Å²) in [6.45, 7) is 0.594. The van der Waals surface area contributed by atoms with Gasteiger partial charge in [-0.25, -0.2) is 4.98 Å². The third kappa shape index (κ3) is 3.53. The van der Waals surface area contributed by atoms with E-state index < -0.39 is 0 Å². The molecule has 1 N–H and O–H groups in total. The molecular formula is C21H19N3O. The van der Waals surface area contributed by atoms with Gasteiger partial charge in [0.05, 0.1) is 12.1 Å². The smallest absolute Gasteiger partial charge is 0.224 e. The Labute approximate surface area is 146 Å². The van der Waals surface area contributed by atoms with Crippen molar-refractivity contribution in [1.29, 1.82) is 0 Å². The lowest BCUT2D eigenvalue weighted by Crippen LogP contribution is -2.27. The molecule has 0 saturated heterocycles. The number of rotatable bonds is 5. The number of carbonyl (C=O) groups is 1. The zero-order valence-corrected chi connectivity index (χ0v) is 13.9. The Kier molecular flexibility index (Phi) is 4.17. The van der Waals surface area contributed by atoms with Crippen molar-refractivity contribution in [3.63, 3.8) is 0 Å². The third-order valence-corrected chi connectivity index (χ3v) is 4.30. The van der Waals surface area contributed by atoms with Crippen molar-refractivity contribution in [3.8, 4) is 0 Å². The SMILES string of the molecule is O=C(Cc1ccc2ccccc2c1)NCCc1cn2ccccc2n1. The van der Waals surface area contributed by atoms with E-state index >= 15 is 0 Å². The Morgan fingerprint density at radius 2 is 1.84 bits per heavy atom. The van der Waals surface area contributed by atoms with Gasteiger partial charge in [0.25, 0.3) is 0 Å². The largest absolute Gasteiger partial charge is 0.355 e. The van der Waals surface area contributed by atoms with Crippen molar-refractivity contribution >= 4 is 22.3 Å². The van der Waals surface area contributed by atoms with E-state index in [1.807, 2.05) is 53.2 Å². The number of nitrogens with zero attached hydrogens (tertiary/aromatic N) is 2. The van der Waals surface area contributed by atoms with Crippen LogP contribution in [0.1, 0.15) is 11.3 Å². The molecule has 0 spiro atoms. The second-order valence-corrected chi connectivity index (χ2v) is 6.16. The maximum Gasteiger partial charge on any atom is 0.224 e. The van der Waals surface area contributed by atoms with Gasteiger partial charge in [0, 0.05) is 25.4 Å². The Hall–Kier alpha value is -3.14. The molecule has 4 rings (SSSR count). The fourth-order valence-corrected chi connectivity index (χ4v) is 3.03. The molecule has 0 atom stereocenters. The number of pyridine rings is 1. The van der Waals surface area contributed by atoms with Gasteiger partial charge in [-0.1, -0.05) is 48.5 Å². The van der Waals surface area contributed by atoms with Gasteiger partial charge < -0.3 is 9.72 Å². The molecule has 2 heterocycles. The minimum absolute atomic E-state index is 0.0408. The zero-order chi connectivity index (χ0) is 17.1. The van der Waals surface area contributed by atoms with Crippen molar-refractivity contribution in [1.82, 2.24) is 14.7 Å². The van der Waals surface area contributed by atoms with Gasteiger partial charge in [-0.2, -0.15) is 0 Å². The molecular weight excluding hydrogens is 310 g/mol. The van der Waals surface area contributed by atoms with Gasteiger partial charge in [0.2, 0.25) is 5.91 Å². The van der Waals surface area contributed by atoms with E-state index in [-0.39, 0.29) is 5.91 Å². The highest BCUT2D eigenvalue weighted by Crippen LogP contribution is 2.15. The van der Waals surface area contributed by atoms with Crippen LogP contribution in [-0.2, 0) is 17.6 Å². The highest BCUT2D eigenvalue weighted by atomic mass is 16.1. The molecule has 2 aromatic carbocycles. The quantitative estimate of drug-likeness (QED) is 0.610. The first kappa shape index (κ1) is 15.4. The maximum absolute atomic E-state index is 12.2. The molecule has 0 aliphatic carbocycles. The lowest BCUT2D eigenvalue weighted by molar-refractivity contribution is -0.120.